The molecule has 3 rings (SSSR count). The summed E-state index contributed by atoms with van der Waals surface area (Å²) in [5.74, 6) is 1.45. The zero-order chi connectivity index (χ0) is 12.5. The maximum absolute atomic E-state index is 9.61. The summed E-state index contributed by atoms with van der Waals surface area (Å²) in [6.45, 7) is 2.80. The third-order valence-corrected chi connectivity index (χ3v) is 3.68. The van der Waals surface area contributed by atoms with Gasteiger partial charge in [-0.25, -0.2) is 4.98 Å². The number of rotatable bonds is 3. The van der Waals surface area contributed by atoms with Crippen LogP contribution >= 0.6 is 11.3 Å². The molecule has 0 saturated carbocycles. The van der Waals surface area contributed by atoms with Crippen molar-refractivity contribution in [1.82, 2.24) is 4.98 Å². The Labute approximate surface area is 109 Å². The largest absolute Gasteiger partial charge is 0.490 e. The van der Waals surface area contributed by atoms with E-state index in [1.165, 1.54) is 0 Å². The van der Waals surface area contributed by atoms with Gasteiger partial charge < -0.3 is 14.6 Å². The number of aliphatic hydroxyl groups is 1. The third-order valence-electron chi connectivity index (χ3n) is 2.79. The molecule has 0 aliphatic carbocycles. The molecule has 0 saturated heterocycles. The molecule has 1 N–H and O–H groups in total. The molecule has 0 radical (unpaired) electrons. The van der Waals surface area contributed by atoms with E-state index in [0.717, 1.165) is 21.2 Å². The van der Waals surface area contributed by atoms with Crippen LogP contribution in [0.5, 0.6) is 11.5 Å². The first-order chi connectivity index (χ1) is 8.72. The molecule has 1 atom stereocenters. The van der Waals surface area contributed by atoms with Gasteiger partial charge in [-0.2, -0.15) is 0 Å². The predicted molar refractivity (Wildman–Crippen MR) is 68.1 cm³/mol. The average molecular weight is 263 g/mol. The highest BCUT2D eigenvalue weighted by atomic mass is 32.1. The van der Waals surface area contributed by atoms with E-state index in [4.69, 9.17) is 9.47 Å². The van der Waals surface area contributed by atoms with Crippen molar-refractivity contribution in [3.8, 4) is 11.5 Å². The zero-order valence-corrected chi connectivity index (χ0v) is 10.7. The molecule has 0 amide bonds. The highest BCUT2D eigenvalue weighted by Gasteiger charge is 2.21. The Morgan fingerprint density at radius 2 is 2.44 bits per heavy atom. The first-order valence-electron chi connectivity index (χ1n) is 5.71. The normalized spacial score (nSPS) is 17.3. The number of aromatic nitrogens is 1. The Morgan fingerprint density at radius 1 is 1.56 bits per heavy atom. The fourth-order valence-corrected chi connectivity index (χ4v) is 2.60. The minimum Gasteiger partial charge on any atom is -0.490 e. The summed E-state index contributed by atoms with van der Waals surface area (Å²) in [6, 6.07) is 5.52. The maximum atomic E-state index is 9.61. The van der Waals surface area contributed by atoms with Crippen LogP contribution in [0.3, 0.4) is 0 Å². The molecule has 4 nitrogen and oxygen atoms in total. The van der Waals surface area contributed by atoms with Crippen LogP contribution in [0.25, 0.3) is 0 Å². The average Bonchev–Trinajstić information content (AvgIpc) is 2.94. The van der Waals surface area contributed by atoms with Gasteiger partial charge in [0.15, 0.2) is 0 Å². The van der Waals surface area contributed by atoms with Crippen molar-refractivity contribution in [2.24, 2.45) is 0 Å². The van der Waals surface area contributed by atoms with Crippen molar-refractivity contribution in [2.45, 2.75) is 19.6 Å². The quantitative estimate of drug-likeness (QED) is 0.924. The van der Waals surface area contributed by atoms with E-state index in [9.17, 15) is 5.11 Å². The van der Waals surface area contributed by atoms with Gasteiger partial charge in [-0.1, -0.05) is 0 Å². The molecule has 2 heterocycles. The lowest BCUT2D eigenvalue weighted by atomic mass is 10.1. The number of nitrogens with zero attached hydrogens (tertiary/aromatic N) is 1. The van der Waals surface area contributed by atoms with Crippen molar-refractivity contribution >= 4 is 11.3 Å². The molecule has 0 spiro atoms. The summed E-state index contributed by atoms with van der Waals surface area (Å²) in [7, 11) is 0. The van der Waals surface area contributed by atoms with Crippen LogP contribution in [-0.4, -0.2) is 16.7 Å². The standard InChI is InChI=1S/C13H13NO3S/c1-8-14-5-10(18-8)6-16-9-2-3-11-12(15)7-17-13(11)4-9/h2-5,12,15H,6-7H2,1H3. The van der Waals surface area contributed by atoms with E-state index in [2.05, 4.69) is 4.98 Å². The first-order valence-corrected chi connectivity index (χ1v) is 6.53. The van der Waals surface area contributed by atoms with Gasteiger partial charge in [-0.3, -0.25) is 0 Å². The fraction of sp³-hybridized carbons (Fsp3) is 0.308. The van der Waals surface area contributed by atoms with E-state index in [-0.39, 0.29) is 0 Å². The number of benzene rings is 1. The predicted octanol–water partition coefficient (Wildman–Crippen LogP) is 2.46. The van der Waals surface area contributed by atoms with Crippen LogP contribution in [0.15, 0.2) is 24.4 Å². The molecule has 1 aliphatic rings. The molecule has 0 bridgehead atoms. The lowest BCUT2D eigenvalue weighted by molar-refractivity contribution is 0.140. The van der Waals surface area contributed by atoms with Crippen LogP contribution in [-0.2, 0) is 6.61 Å². The first kappa shape index (κ1) is 11.5. The Morgan fingerprint density at radius 3 is 3.22 bits per heavy atom. The maximum Gasteiger partial charge on any atom is 0.129 e. The Bertz CT molecular complexity index is 567. The summed E-state index contributed by atoms with van der Waals surface area (Å²) in [5, 5.41) is 10.6. The van der Waals surface area contributed by atoms with Crippen molar-refractivity contribution in [1.29, 1.82) is 0 Å². The lowest BCUT2D eigenvalue weighted by Crippen LogP contribution is -1.97. The summed E-state index contributed by atoms with van der Waals surface area (Å²) in [4.78, 5) is 5.27. The summed E-state index contributed by atoms with van der Waals surface area (Å²) in [5.41, 5.74) is 0.830. The van der Waals surface area contributed by atoms with Gasteiger partial charge in [-0.15, -0.1) is 11.3 Å². The van der Waals surface area contributed by atoms with Crippen LogP contribution < -0.4 is 9.47 Å². The molecular formula is C13H13NO3S. The van der Waals surface area contributed by atoms with E-state index >= 15 is 0 Å². The van der Waals surface area contributed by atoms with Crippen LogP contribution in [0, 0.1) is 6.92 Å². The number of hydrogen-bond acceptors (Lipinski definition) is 5. The van der Waals surface area contributed by atoms with Crippen molar-refractivity contribution < 1.29 is 14.6 Å². The molecule has 2 aromatic rings. The minimum absolute atomic E-state index is 0.326. The molecule has 1 unspecified atom stereocenters. The smallest absolute Gasteiger partial charge is 0.129 e. The fourth-order valence-electron chi connectivity index (χ4n) is 1.89. The molecule has 1 aromatic heterocycles. The Hall–Kier alpha value is -1.59. The molecule has 18 heavy (non-hydrogen) atoms. The summed E-state index contributed by atoms with van der Waals surface area (Å²) in [6.07, 6.45) is 1.31. The van der Waals surface area contributed by atoms with Crippen molar-refractivity contribution in [3.05, 3.63) is 39.8 Å². The number of ether oxygens (including phenoxy) is 2. The Kier molecular flexibility index (Phi) is 2.93. The second-order valence-electron chi connectivity index (χ2n) is 4.16. The van der Waals surface area contributed by atoms with E-state index in [0.29, 0.717) is 19.0 Å². The SMILES string of the molecule is Cc1ncc(COc2ccc3c(c2)OCC3O)s1. The van der Waals surface area contributed by atoms with Gasteiger partial charge in [-0.05, 0) is 19.1 Å². The molecular weight excluding hydrogens is 250 g/mol. The van der Waals surface area contributed by atoms with Crippen LogP contribution in [0.4, 0.5) is 0 Å². The van der Waals surface area contributed by atoms with Gasteiger partial charge in [0.2, 0.25) is 0 Å². The molecule has 5 heteroatoms. The van der Waals surface area contributed by atoms with Gasteiger partial charge in [0.1, 0.15) is 30.8 Å². The number of aliphatic hydroxyl groups excluding tert-OH is 1. The minimum atomic E-state index is -0.516. The summed E-state index contributed by atoms with van der Waals surface area (Å²) >= 11 is 1.63. The van der Waals surface area contributed by atoms with Gasteiger partial charge in [0.25, 0.3) is 0 Å². The molecule has 0 fully saturated rings. The third kappa shape index (κ3) is 2.19. The van der Waals surface area contributed by atoms with Gasteiger partial charge in [0, 0.05) is 17.8 Å². The van der Waals surface area contributed by atoms with Crippen molar-refractivity contribution in [2.75, 3.05) is 6.61 Å². The van der Waals surface area contributed by atoms with Crippen LogP contribution in [0.1, 0.15) is 21.6 Å². The van der Waals surface area contributed by atoms with Gasteiger partial charge >= 0.3 is 0 Å². The summed E-state index contributed by atoms with van der Waals surface area (Å²) < 4.78 is 11.0. The monoisotopic (exact) mass is 263 g/mol. The highest BCUT2D eigenvalue weighted by Crippen LogP contribution is 2.35. The van der Waals surface area contributed by atoms with Crippen molar-refractivity contribution in [3.63, 3.8) is 0 Å². The topological polar surface area (TPSA) is 51.6 Å². The molecule has 94 valence electrons. The highest BCUT2D eigenvalue weighted by molar-refractivity contribution is 7.11. The van der Waals surface area contributed by atoms with E-state index in [1.807, 2.05) is 31.3 Å². The second kappa shape index (κ2) is 4.59. The number of thiazole rings is 1. The number of fused-ring (bicyclic) bond motifs is 1. The number of hydrogen-bond donors (Lipinski definition) is 1. The van der Waals surface area contributed by atoms with Crippen LogP contribution in [0.2, 0.25) is 0 Å². The van der Waals surface area contributed by atoms with E-state index < -0.39 is 6.10 Å². The molecule has 1 aliphatic heterocycles. The Balaban J connectivity index is 1.70. The molecule has 1 aromatic carbocycles. The zero-order valence-electron chi connectivity index (χ0n) is 9.92. The second-order valence-corrected chi connectivity index (χ2v) is 5.48. The number of aryl methyl sites for hydroxylation is 1. The van der Waals surface area contributed by atoms with Gasteiger partial charge in [0.05, 0.1) is 9.88 Å². The lowest BCUT2D eigenvalue weighted by Gasteiger charge is -2.06. The van der Waals surface area contributed by atoms with E-state index in [1.54, 1.807) is 11.3 Å².